The van der Waals surface area contributed by atoms with Gasteiger partial charge in [0.15, 0.2) is 16.6 Å². The number of esters is 1. The molecule has 0 aliphatic carbocycles. The fourth-order valence-corrected chi connectivity index (χ4v) is 5.23. The molecule has 0 saturated carbocycles. The molecule has 38 heavy (non-hydrogen) atoms. The van der Waals surface area contributed by atoms with E-state index in [1.807, 2.05) is 0 Å². The Labute approximate surface area is 224 Å². The van der Waals surface area contributed by atoms with Crippen molar-refractivity contribution in [2.24, 2.45) is 16.5 Å². The number of rotatable bonds is 14. The first-order chi connectivity index (χ1) is 17.4. The lowest BCUT2D eigenvalue weighted by atomic mass is 9.86. The number of aromatic nitrogens is 1. The number of anilines is 1. The Morgan fingerprint density at radius 3 is 2.39 bits per heavy atom. The number of hydrogen-bond donors (Lipinski definition) is 2. The minimum absolute atomic E-state index is 0.0295. The number of ketones is 1. The van der Waals surface area contributed by atoms with Crippen LogP contribution in [0.3, 0.4) is 0 Å². The Hall–Kier alpha value is -3.11. The molecule has 1 aliphatic rings. The summed E-state index contributed by atoms with van der Waals surface area (Å²) in [6, 6.07) is -0.904. The Morgan fingerprint density at radius 2 is 1.89 bits per heavy atom. The number of oxime groups is 1. The van der Waals surface area contributed by atoms with Gasteiger partial charge in [0.05, 0.1) is 25.2 Å². The van der Waals surface area contributed by atoms with Gasteiger partial charge in [0.1, 0.15) is 5.69 Å². The maximum absolute atomic E-state index is 13.1. The third-order valence-electron chi connectivity index (χ3n) is 5.72. The van der Waals surface area contributed by atoms with E-state index < -0.39 is 63.3 Å². The molecule has 0 aromatic carbocycles. The number of Topliss-reactive ketones (excluding diaryl/α,β-unsaturated/α-hetero) is 1. The van der Waals surface area contributed by atoms with E-state index in [0.717, 1.165) is 11.3 Å². The average Bonchev–Trinajstić information content (AvgIpc) is 3.21. The summed E-state index contributed by atoms with van der Waals surface area (Å²) in [4.78, 5) is 57.1. The van der Waals surface area contributed by atoms with Crippen LogP contribution in [0.4, 0.5) is 5.13 Å². The van der Waals surface area contributed by atoms with E-state index in [1.54, 1.807) is 13.8 Å². The number of nitrogens with two attached hydrogens (primary N) is 1. The predicted molar refractivity (Wildman–Crippen MR) is 135 cm³/mol. The Kier molecular flexibility index (Phi) is 9.61. The SMILES string of the molecule is CC(=O)OCCC(C)(C)COS(=O)(=O)N1C(=O)[C@@H](CC(=O)/C(=N/OC(C)(C)C(=O)O)c2csc(N)n2)[C@@H]1C. The summed E-state index contributed by atoms with van der Waals surface area (Å²) in [6.45, 7) is 8.42. The fraction of sp³-hybridized carbons (Fsp3) is 0.636. The van der Waals surface area contributed by atoms with Crippen molar-refractivity contribution < 1.29 is 46.5 Å². The summed E-state index contributed by atoms with van der Waals surface area (Å²) in [5.41, 5.74) is 2.88. The van der Waals surface area contributed by atoms with Crippen LogP contribution in [0.25, 0.3) is 0 Å². The van der Waals surface area contributed by atoms with Crippen molar-refractivity contribution in [2.45, 2.75) is 66.0 Å². The minimum atomic E-state index is -4.46. The van der Waals surface area contributed by atoms with E-state index in [4.69, 9.17) is 19.5 Å². The van der Waals surface area contributed by atoms with E-state index in [9.17, 15) is 32.7 Å². The zero-order valence-corrected chi connectivity index (χ0v) is 23.6. The number of aliphatic carboxylic acids is 1. The first-order valence-corrected chi connectivity index (χ1v) is 13.7. The van der Waals surface area contributed by atoms with E-state index in [1.165, 1.54) is 33.1 Å². The summed E-state index contributed by atoms with van der Waals surface area (Å²) >= 11 is 1.01. The molecule has 1 fully saturated rings. The van der Waals surface area contributed by atoms with Crippen molar-refractivity contribution >= 4 is 56.1 Å². The largest absolute Gasteiger partial charge is 0.478 e. The van der Waals surface area contributed by atoms with E-state index >= 15 is 0 Å². The molecule has 1 amide bonds. The number of nitrogen functional groups attached to an aromatic ring is 1. The van der Waals surface area contributed by atoms with Gasteiger partial charge < -0.3 is 20.4 Å². The highest BCUT2D eigenvalue weighted by atomic mass is 32.2. The number of nitrogens with zero attached hydrogens (tertiary/aromatic N) is 3. The highest BCUT2D eigenvalue weighted by molar-refractivity contribution is 7.85. The van der Waals surface area contributed by atoms with Gasteiger partial charge in [-0.1, -0.05) is 19.0 Å². The van der Waals surface area contributed by atoms with E-state index in [2.05, 4.69) is 10.1 Å². The van der Waals surface area contributed by atoms with Crippen LogP contribution in [-0.4, -0.2) is 77.0 Å². The molecule has 1 aromatic heterocycles. The number of carbonyl (C=O) groups is 4. The van der Waals surface area contributed by atoms with Crippen LogP contribution in [0.2, 0.25) is 0 Å². The van der Waals surface area contributed by atoms with Gasteiger partial charge in [0.25, 0.3) is 0 Å². The molecule has 1 aliphatic heterocycles. The lowest BCUT2D eigenvalue weighted by Crippen LogP contribution is -2.62. The molecule has 212 valence electrons. The second-order valence-electron chi connectivity index (χ2n) is 10.0. The number of amides is 1. The number of thiazole rings is 1. The zero-order valence-electron chi connectivity index (χ0n) is 21.9. The quantitative estimate of drug-likeness (QED) is 0.139. The minimum Gasteiger partial charge on any atom is -0.478 e. The molecule has 2 atom stereocenters. The molecule has 1 aromatic rings. The van der Waals surface area contributed by atoms with Crippen molar-refractivity contribution in [3.63, 3.8) is 0 Å². The van der Waals surface area contributed by atoms with E-state index in [0.29, 0.717) is 10.7 Å². The van der Waals surface area contributed by atoms with Gasteiger partial charge >= 0.3 is 22.2 Å². The third-order valence-corrected chi connectivity index (χ3v) is 7.81. The topological polar surface area (TPSA) is 205 Å². The van der Waals surface area contributed by atoms with Crippen LogP contribution in [0.1, 0.15) is 60.1 Å². The van der Waals surface area contributed by atoms with Crippen LogP contribution < -0.4 is 5.73 Å². The van der Waals surface area contributed by atoms with Crippen molar-refractivity contribution in [1.29, 1.82) is 0 Å². The molecule has 3 N–H and O–H groups in total. The zero-order chi connectivity index (χ0) is 29.1. The normalized spacial score (nSPS) is 18.6. The maximum atomic E-state index is 13.1. The number of β-lactam (4-membered cyclic amide) rings is 1. The molecular formula is C22H32N4O10S2. The van der Waals surface area contributed by atoms with Gasteiger partial charge in [-0.3, -0.25) is 18.6 Å². The van der Waals surface area contributed by atoms with Crippen LogP contribution in [0.5, 0.6) is 0 Å². The van der Waals surface area contributed by atoms with Crippen molar-refractivity contribution in [3.8, 4) is 0 Å². The summed E-state index contributed by atoms with van der Waals surface area (Å²) in [7, 11) is -4.46. The van der Waals surface area contributed by atoms with Crippen molar-refractivity contribution in [1.82, 2.24) is 9.29 Å². The van der Waals surface area contributed by atoms with Gasteiger partial charge in [-0.05, 0) is 32.6 Å². The van der Waals surface area contributed by atoms with Crippen LogP contribution in [0, 0.1) is 11.3 Å². The van der Waals surface area contributed by atoms with Crippen LogP contribution in [-0.2, 0) is 43.2 Å². The summed E-state index contributed by atoms with van der Waals surface area (Å²) in [5.74, 6) is -4.35. The van der Waals surface area contributed by atoms with Gasteiger partial charge in [0, 0.05) is 18.7 Å². The van der Waals surface area contributed by atoms with Crippen LogP contribution >= 0.6 is 11.3 Å². The third kappa shape index (κ3) is 7.70. The van der Waals surface area contributed by atoms with E-state index in [-0.39, 0.29) is 29.8 Å². The summed E-state index contributed by atoms with van der Waals surface area (Å²) in [6.07, 6.45) is -0.111. The predicted octanol–water partition coefficient (Wildman–Crippen LogP) is 1.36. The van der Waals surface area contributed by atoms with Crippen molar-refractivity contribution in [2.75, 3.05) is 18.9 Å². The molecule has 16 heteroatoms. The van der Waals surface area contributed by atoms with Gasteiger partial charge in [-0.2, -0.15) is 8.42 Å². The second-order valence-corrected chi connectivity index (χ2v) is 12.4. The number of carboxylic acids is 1. The average molecular weight is 577 g/mol. The standard InChI is InChI=1S/C22H32N4O10S2/c1-12-14(18(29)26(12)38(32,33)35-11-21(3,4)7-8-34-13(2)27)9-16(28)17(15-10-37-20(23)24-15)25-36-22(5,6)19(30)31/h10,12,14H,7-9,11H2,1-6H3,(H2,23,24)(H,30,31)/b25-17+/t12-,14-/m0/s1. The molecule has 2 heterocycles. The summed E-state index contributed by atoms with van der Waals surface area (Å²) in [5, 5.41) is 14.5. The monoisotopic (exact) mass is 576 g/mol. The van der Waals surface area contributed by atoms with Crippen molar-refractivity contribution in [3.05, 3.63) is 11.1 Å². The van der Waals surface area contributed by atoms with Gasteiger partial charge in [0.2, 0.25) is 11.5 Å². The maximum Gasteiger partial charge on any atom is 0.364 e. The molecule has 0 unspecified atom stereocenters. The molecule has 14 nitrogen and oxygen atoms in total. The van der Waals surface area contributed by atoms with Gasteiger partial charge in [-0.25, -0.2) is 14.1 Å². The Balaban J connectivity index is 2.10. The summed E-state index contributed by atoms with van der Waals surface area (Å²) < 4.78 is 36.0. The number of ether oxygens (including phenoxy) is 1. The lowest BCUT2D eigenvalue weighted by molar-refractivity contribution is -0.161. The first-order valence-electron chi connectivity index (χ1n) is 11.5. The fourth-order valence-electron chi connectivity index (χ4n) is 3.19. The van der Waals surface area contributed by atoms with Crippen LogP contribution in [0.15, 0.2) is 10.5 Å². The second kappa shape index (κ2) is 11.7. The molecule has 2 rings (SSSR count). The molecule has 0 spiro atoms. The highest BCUT2D eigenvalue weighted by Gasteiger charge is 2.52. The van der Waals surface area contributed by atoms with Gasteiger partial charge in [-0.15, -0.1) is 11.3 Å². The Morgan fingerprint density at radius 1 is 1.26 bits per heavy atom. The number of carbonyl (C=O) groups excluding carboxylic acids is 3. The highest BCUT2D eigenvalue weighted by Crippen LogP contribution is 2.34. The molecule has 0 bridgehead atoms. The smallest absolute Gasteiger partial charge is 0.364 e. The molecular weight excluding hydrogens is 544 g/mol. The number of hydrogen-bond acceptors (Lipinski definition) is 13. The molecule has 1 saturated heterocycles. The lowest BCUT2D eigenvalue weighted by Gasteiger charge is -2.43. The molecule has 0 radical (unpaired) electrons. The number of carboxylic acid groups (broad SMARTS) is 1. The Bertz CT molecular complexity index is 1220. The first kappa shape index (κ1) is 31.1.